The van der Waals surface area contributed by atoms with Gasteiger partial charge in [-0.25, -0.2) is 0 Å². The first kappa shape index (κ1) is 20.6. The third-order valence-electron chi connectivity index (χ3n) is 4.66. The van der Waals surface area contributed by atoms with Crippen molar-refractivity contribution >= 4 is 64.4 Å². The van der Waals surface area contributed by atoms with E-state index in [1.165, 1.54) is 40.2 Å². The minimum atomic E-state index is -0.504. The van der Waals surface area contributed by atoms with Gasteiger partial charge < -0.3 is 10.4 Å². The lowest BCUT2D eigenvalue weighted by Gasteiger charge is -2.07. The van der Waals surface area contributed by atoms with Crippen LogP contribution in [0.4, 0.5) is 17.1 Å². The number of nitro benzene ring substituents is 1. The molecule has 8 nitrogen and oxygen atoms in total. The van der Waals surface area contributed by atoms with E-state index in [2.05, 4.69) is 10.3 Å². The maximum Gasteiger partial charge on any atom is 0.269 e. The fourth-order valence-corrected chi connectivity index (χ4v) is 4.41. The second-order valence-electron chi connectivity index (χ2n) is 6.68. The molecule has 4 rings (SSSR count). The number of aliphatic imine (C=N–C) groups is 1. The third kappa shape index (κ3) is 4.44. The fourth-order valence-electron chi connectivity index (χ4n) is 3.10. The number of thiazole rings is 1. The number of nitrogens with one attached hydrogen (secondary N) is 1. The van der Waals surface area contributed by atoms with Crippen LogP contribution < -0.4 is 5.32 Å². The highest BCUT2D eigenvalue weighted by atomic mass is 32.1. The highest BCUT2D eigenvalue weighted by molar-refractivity contribution is 7.73. The summed E-state index contributed by atoms with van der Waals surface area (Å²) in [5.41, 5.74) is 3.14. The van der Waals surface area contributed by atoms with Gasteiger partial charge in [0.2, 0.25) is 11.8 Å². The monoisotopic (exact) mass is 452 g/mol. The fraction of sp³-hybridized carbons (Fsp3) is 0.0952. The van der Waals surface area contributed by atoms with E-state index in [4.69, 9.17) is 12.2 Å². The van der Waals surface area contributed by atoms with Crippen LogP contribution >= 0.6 is 23.6 Å². The second-order valence-corrected chi connectivity index (χ2v) is 8.36. The molecule has 156 valence electrons. The van der Waals surface area contributed by atoms with E-state index in [0.717, 1.165) is 16.8 Å². The van der Waals surface area contributed by atoms with Crippen molar-refractivity contribution in [1.82, 2.24) is 4.57 Å². The maximum absolute atomic E-state index is 12.3. The Kier molecular flexibility index (Phi) is 5.74. The number of carbonyl (C=O) groups excluding carboxylic acids is 1. The predicted octanol–water partition coefficient (Wildman–Crippen LogP) is 5.18. The van der Waals surface area contributed by atoms with Crippen LogP contribution in [0.15, 0.2) is 53.5 Å². The highest BCUT2D eigenvalue weighted by Crippen LogP contribution is 2.35. The number of para-hydroxylation sites is 1. The third-order valence-corrected chi connectivity index (χ3v) is 6.05. The average molecular weight is 453 g/mol. The molecule has 0 fully saturated rings. The van der Waals surface area contributed by atoms with E-state index in [0.29, 0.717) is 14.5 Å². The summed E-state index contributed by atoms with van der Waals surface area (Å²) in [6, 6.07) is 13.3. The van der Waals surface area contributed by atoms with Crippen LogP contribution in [0.1, 0.15) is 16.9 Å². The molecule has 1 aliphatic heterocycles. The topological polar surface area (TPSA) is 110 Å². The van der Waals surface area contributed by atoms with Gasteiger partial charge in [0.25, 0.3) is 5.69 Å². The number of hydrogen-bond acceptors (Lipinski definition) is 7. The first-order chi connectivity index (χ1) is 14.9. The standard InChI is InChI=1S/C21H16N4O4S2/c26-19(23-14-5-7-15(8-6-14)25(28)29)9-10-24-20(27)18(31-21(24)30)11-13-12-22-17-4-2-1-3-16(13)17/h1-8,11-12,27H,9-10H2,(H,23,26)/b13-11-. The molecule has 1 aromatic heterocycles. The van der Waals surface area contributed by atoms with Gasteiger partial charge in [-0.1, -0.05) is 18.2 Å². The van der Waals surface area contributed by atoms with Crippen LogP contribution in [-0.4, -0.2) is 26.7 Å². The van der Waals surface area contributed by atoms with Crippen LogP contribution in [0.3, 0.4) is 0 Å². The summed E-state index contributed by atoms with van der Waals surface area (Å²) >= 11 is 6.62. The Labute approximate surface area is 186 Å². The van der Waals surface area contributed by atoms with E-state index in [-0.39, 0.29) is 30.4 Å². The normalized spacial score (nSPS) is 13.4. The lowest BCUT2D eigenvalue weighted by atomic mass is 10.1. The number of aromatic nitrogens is 1. The summed E-state index contributed by atoms with van der Waals surface area (Å²) < 4.78 is 1.97. The molecule has 2 aromatic carbocycles. The molecule has 0 spiro atoms. The number of hydrogen-bond donors (Lipinski definition) is 2. The first-order valence-electron chi connectivity index (χ1n) is 9.24. The Morgan fingerprint density at radius 3 is 2.74 bits per heavy atom. The number of non-ortho nitro benzene ring substituents is 1. The molecular formula is C21H16N4O4S2. The summed E-state index contributed by atoms with van der Waals surface area (Å²) in [6.45, 7) is 0.202. The number of carbonyl (C=O) groups is 1. The average Bonchev–Trinajstić information content (AvgIpc) is 3.28. The Morgan fingerprint density at radius 2 is 2.00 bits per heavy atom. The van der Waals surface area contributed by atoms with Crippen molar-refractivity contribution in [3.8, 4) is 5.88 Å². The number of amides is 1. The molecule has 0 aliphatic carbocycles. The number of fused-ring (bicyclic) bond motifs is 1. The molecule has 0 bridgehead atoms. The van der Waals surface area contributed by atoms with Gasteiger partial charge in [-0.2, -0.15) is 0 Å². The number of benzene rings is 2. The minimum absolute atomic E-state index is 0.00316. The van der Waals surface area contributed by atoms with E-state index >= 15 is 0 Å². The smallest absolute Gasteiger partial charge is 0.269 e. The Hall–Kier alpha value is -3.63. The number of rotatable bonds is 6. The van der Waals surface area contributed by atoms with Crippen molar-refractivity contribution in [2.75, 3.05) is 5.32 Å². The zero-order chi connectivity index (χ0) is 22.0. The molecule has 2 N–H and O–H groups in total. The van der Waals surface area contributed by atoms with Crippen molar-refractivity contribution in [3.05, 3.63) is 73.0 Å². The molecule has 1 aliphatic rings. The van der Waals surface area contributed by atoms with Gasteiger partial charge in [0.15, 0.2) is 3.95 Å². The second kappa shape index (κ2) is 8.62. The quantitative estimate of drug-likeness (QED) is 0.304. The molecule has 10 heteroatoms. The summed E-state index contributed by atoms with van der Waals surface area (Å²) in [6.07, 6.45) is 3.66. The number of nitro groups is 1. The van der Waals surface area contributed by atoms with Crippen molar-refractivity contribution in [2.24, 2.45) is 4.99 Å². The first-order valence-corrected chi connectivity index (χ1v) is 10.5. The maximum atomic E-state index is 12.3. The van der Waals surface area contributed by atoms with Crippen molar-refractivity contribution in [3.63, 3.8) is 0 Å². The van der Waals surface area contributed by atoms with Gasteiger partial charge >= 0.3 is 0 Å². The molecule has 2 heterocycles. The molecule has 3 aromatic rings. The van der Waals surface area contributed by atoms with Crippen molar-refractivity contribution < 1.29 is 14.8 Å². The van der Waals surface area contributed by atoms with Gasteiger partial charge in [-0.15, -0.1) is 11.3 Å². The Bertz CT molecular complexity index is 1290. The van der Waals surface area contributed by atoms with Crippen LogP contribution in [0.25, 0.3) is 11.6 Å². The van der Waals surface area contributed by atoms with Crippen LogP contribution in [-0.2, 0) is 11.3 Å². The van der Waals surface area contributed by atoms with E-state index in [9.17, 15) is 20.0 Å². The summed E-state index contributed by atoms with van der Waals surface area (Å²) in [7, 11) is 0. The molecule has 0 unspecified atom stereocenters. The largest absolute Gasteiger partial charge is 0.493 e. The lowest BCUT2D eigenvalue weighted by Crippen LogP contribution is -2.14. The zero-order valence-corrected chi connectivity index (χ0v) is 17.7. The molecule has 0 saturated carbocycles. The van der Waals surface area contributed by atoms with Crippen molar-refractivity contribution in [1.29, 1.82) is 0 Å². The summed E-state index contributed by atoms with van der Waals surface area (Å²) in [4.78, 5) is 27.4. The van der Waals surface area contributed by atoms with Crippen molar-refractivity contribution in [2.45, 2.75) is 13.0 Å². The Balaban J connectivity index is 1.44. The number of aromatic hydroxyl groups is 1. The zero-order valence-electron chi connectivity index (χ0n) is 16.0. The van der Waals surface area contributed by atoms with Gasteiger partial charge in [0.05, 0.1) is 15.5 Å². The molecule has 1 amide bonds. The van der Waals surface area contributed by atoms with E-state index in [1.54, 1.807) is 6.21 Å². The predicted molar refractivity (Wildman–Crippen MR) is 124 cm³/mol. The van der Waals surface area contributed by atoms with E-state index in [1.807, 2.05) is 30.3 Å². The summed E-state index contributed by atoms with van der Waals surface area (Å²) in [5, 5.41) is 24.0. The molecular weight excluding hydrogens is 436 g/mol. The summed E-state index contributed by atoms with van der Waals surface area (Å²) in [5.74, 6) is -0.290. The number of nitrogens with zero attached hydrogens (tertiary/aromatic N) is 3. The molecule has 0 atom stereocenters. The van der Waals surface area contributed by atoms with Gasteiger partial charge in [-0.3, -0.25) is 24.5 Å². The lowest BCUT2D eigenvalue weighted by molar-refractivity contribution is -0.384. The number of anilines is 1. The van der Waals surface area contributed by atoms with E-state index < -0.39 is 4.92 Å². The van der Waals surface area contributed by atoms with Crippen LogP contribution in [0.2, 0.25) is 0 Å². The minimum Gasteiger partial charge on any atom is -0.493 e. The number of allylic oxidation sites excluding steroid dienone is 1. The highest BCUT2D eigenvalue weighted by Gasteiger charge is 2.16. The van der Waals surface area contributed by atoms with Crippen LogP contribution in [0, 0.1) is 14.1 Å². The van der Waals surface area contributed by atoms with Gasteiger partial charge in [0.1, 0.15) is 0 Å². The molecule has 0 radical (unpaired) electrons. The van der Waals surface area contributed by atoms with Crippen LogP contribution in [0.5, 0.6) is 5.88 Å². The van der Waals surface area contributed by atoms with Gasteiger partial charge in [-0.05, 0) is 36.5 Å². The molecule has 31 heavy (non-hydrogen) atoms. The molecule has 0 saturated heterocycles. The van der Waals surface area contributed by atoms with Gasteiger partial charge in [0, 0.05) is 48.1 Å². The SMILES string of the molecule is O=C(CCn1c(O)c(/C=C2/C=Nc3ccccc32)sc1=S)Nc1ccc([N+](=O)[O-])cc1. The Morgan fingerprint density at radius 1 is 1.26 bits per heavy atom.